The summed E-state index contributed by atoms with van der Waals surface area (Å²) in [5.74, 6) is 0. The summed E-state index contributed by atoms with van der Waals surface area (Å²) in [6, 6.07) is 1.78. The zero-order valence-electron chi connectivity index (χ0n) is 10.1. The van der Waals surface area contributed by atoms with E-state index in [1.54, 1.807) is 12.3 Å². The maximum absolute atomic E-state index is 10.4. The van der Waals surface area contributed by atoms with Crippen LogP contribution in [0.15, 0.2) is 12.3 Å². The predicted octanol–water partition coefficient (Wildman–Crippen LogP) is 3.56. The van der Waals surface area contributed by atoms with E-state index in [1.807, 2.05) is 41.5 Å². The first kappa shape index (κ1) is 15.3. The lowest BCUT2D eigenvalue weighted by molar-refractivity contribution is 0.112. The third kappa shape index (κ3) is 5.46. The lowest BCUT2D eigenvalue weighted by atomic mass is 10.1. The summed E-state index contributed by atoms with van der Waals surface area (Å²) in [6.07, 6.45) is 2.56. The molecule has 0 bridgehead atoms. The number of hydrogen-bond donors (Lipinski definition) is 0. The second-order valence-corrected chi connectivity index (χ2v) is 2.30. The van der Waals surface area contributed by atoms with Crippen LogP contribution in [-0.2, 0) is 0 Å². The normalized spacial score (nSPS) is 7.57. The van der Waals surface area contributed by atoms with Crippen LogP contribution in [0.3, 0.4) is 0 Å². The molecule has 0 saturated carbocycles. The van der Waals surface area contributed by atoms with Gasteiger partial charge in [0.1, 0.15) is 6.29 Å². The molecule has 1 rings (SSSR count). The van der Waals surface area contributed by atoms with Gasteiger partial charge >= 0.3 is 0 Å². The average molecular weight is 195 g/mol. The Bertz CT molecular complexity index is 256. The maximum atomic E-state index is 10.4. The van der Waals surface area contributed by atoms with Gasteiger partial charge < -0.3 is 0 Å². The summed E-state index contributed by atoms with van der Waals surface area (Å²) in [6.45, 7) is 11.7. The van der Waals surface area contributed by atoms with Gasteiger partial charge in [0, 0.05) is 17.5 Å². The number of aromatic nitrogens is 1. The Morgan fingerprint density at radius 1 is 1.14 bits per heavy atom. The van der Waals surface area contributed by atoms with Gasteiger partial charge in [-0.3, -0.25) is 9.78 Å². The second kappa shape index (κ2) is 9.90. The molecule has 1 aromatic heterocycles. The van der Waals surface area contributed by atoms with Crippen molar-refractivity contribution in [3.8, 4) is 0 Å². The molecule has 14 heavy (non-hydrogen) atoms. The number of rotatable bonds is 1. The number of nitrogens with zero attached hydrogens (tertiary/aromatic N) is 1. The van der Waals surface area contributed by atoms with Gasteiger partial charge in [-0.05, 0) is 25.5 Å². The Morgan fingerprint density at radius 2 is 1.64 bits per heavy atom. The van der Waals surface area contributed by atoms with Gasteiger partial charge in [0.05, 0.1) is 0 Å². The fraction of sp³-hybridized carbons (Fsp3) is 0.500. The Balaban J connectivity index is 0. The molecule has 0 amide bonds. The molecule has 80 valence electrons. The van der Waals surface area contributed by atoms with E-state index in [0.29, 0.717) is 0 Å². The molecule has 1 heterocycles. The van der Waals surface area contributed by atoms with Crippen LogP contribution in [0.5, 0.6) is 0 Å². The molecule has 0 radical (unpaired) electrons. The molecule has 0 fully saturated rings. The molecule has 0 atom stereocenters. The van der Waals surface area contributed by atoms with Crippen LogP contribution in [-0.4, -0.2) is 11.3 Å². The molecule has 0 aliphatic heterocycles. The van der Waals surface area contributed by atoms with Crippen molar-refractivity contribution in [2.45, 2.75) is 41.5 Å². The zero-order chi connectivity index (χ0) is 11.6. The van der Waals surface area contributed by atoms with E-state index in [-0.39, 0.29) is 0 Å². The summed E-state index contributed by atoms with van der Waals surface area (Å²) in [7, 11) is 0. The molecule has 1 aromatic rings. The number of aldehydes is 1. The van der Waals surface area contributed by atoms with Gasteiger partial charge in [-0.25, -0.2) is 0 Å². The monoisotopic (exact) mass is 195 g/mol. The molecule has 0 aliphatic rings. The summed E-state index contributed by atoms with van der Waals surface area (Å²) >= 11 is 0. The topological polar surface area (TPSA) is 30.0 Å². The molecule has 0 spiro atoms. The number of carbonyl (C=O) groups is 1. The summed E-state index contributed by atoms with van der Waals surface area (Å²) in [5.41, 5.74) is 2.54. The minimum Gasteiger partial charge on any atom is -0.298 e. The quantitative estimate of drug-likeness (QED) is 0.641. The number of pyridine rings is 1. The smallest absolute Gasteiger partial charge is 0.150 e. The SMILES string of the molecule is CC.CC.Cc1cc(C=O)c(C)cn1. The van der Waals surface area contributed by atoms with Crippen LogP contribution in [0.4, 0.5) is 0 Å². The minimum absolute atomic E-state index is 0.729. The van der Waals surface area contributed by atoms with Gasteiger partial charge in [-0.15, -0.1) is 0 Å². The summed E-state index contributed by atoms with van der Waals surface area (Å²) in [4.78, 5) is 14.4. The van der Waals surface area contributed by atoms with Gasteiger partial charge in [0.15, 0.2) is 0 Å². The predicted molar refractivity (Wildman–Crippen MR) is 61.8 cm³/mol. The third-order valence-corrected chi connectivity index (χ3v) is 1.41. The minimum atomic E-state index is 0.729. The van der Waals surface area contributed by atoms with Crippen molar-refractivity contribution < 1.29 is 4.79 Å². The Hall–Kier alpha value is -1.18. The first-order valence-electron chi connectivity index (χ1n) is 5.12. The van der Waals surface area contributed by atoms with Gasteiger partial charge in [-0.1, -0.05) is 27.7 Å². The third-order valence-electron chi connectivity index (χ3n) is 1.41. The molecular weight excluding hydrogens is 174 g/mol. The first-order chi connectivity index (χ1) is 6.74. The highest BCUT2D eigenvalue weighted by molar-refractivity contribution is 5.76. The van der Waals surface area contributed by atoms with E-state index in [9.17, 15) is 4.79 Å². The zero-order valence-corrected chi connectivity index (χ0v) is 10.1. The molecule has 2 nitrogen and oxygen atoms in total. The fourth-order valence-corrected chi connectivity index (χ4v) is 0.776. The number of aryl methyl sites for hydroxylation is 2. The van der Waals surface area contributed by atoms with Crippen LogP contribution < -0.4 is 0 Å². The van der Waals surface area contributed by atoms with Crippen LogP contribution in [0.25, 0.3) is 0 Å². The molecule has 0 aromatic carbocycles. The number of hydrogen-bond acceptors (Lipinski definition) is 2. The van der Waals surface area contributed by atoms with Crippen LogP contribution in [0.2, 0.25) is 0 Å². The fourth-order valence-electron chi connectivity index (χ4n) is 0.776. The molecule has 0 aliphatic carbocycles. The molecule has 2 heteroatoms. The van der Waals surface area contributed by atoms with Gasteiger partial charge in [0.25, 0.3) is 0 Å². The standard InChI is InChI=1S/C8H9NO.2C2H6/c1-6-4-9-7(2)3-8(6)5-10;2*1-2/h3-5H,1-2H3;2*1-2H3. The Kier molecular flexibility index (Phi) is 10.8. The summed E-state index contributed by atoms with van der Waals surface area (Å²) in [5, 5.41) is 0. The van der Waals surface area contributed by atoms with Crippen molar-refractivity contribution in [1.29, 1.82) is 0 Å². The van der Waals surface area contributed by atoms with Gasteiger partial charge in [-0.2, -0.15) is 0 Å². The van der Waals surface area contributed by atoms with Crippen molar-refractivity contribution in [2.75, 3.05) is 0 Å². The van der Waals surface area contributed by atoms with Crippen molar-refractivity contribution in [3.05, 3.63) is 29.1 Å². The van der Waals surface area contributed by atoms with E-state index < -0.39 is 0 Å². The van der Waals surface area contributed by atoms with Crippen molar-refractivity contribution in [3.63, 3.8) is 0 Å². The van der Waals surface area contributed by atoms with Crippen LogP contribution in [0, 0.1) is 13.8 Å². The first-order valence-corrected chi connectivity index (χ1v) is 5.12. The summed E-state index contributed by atoms with van der Waals surface area (Å²) < 4.78 is 0. The number of carbonyl (C=O) groups excluding carboxylic acids is 1. The van der Waals surface area contributed by atoms with Crippen molar-refractivity contribution in [1.82, 2.24) is 4.98 Å². The van der Waals surface area contributed by atoms with Crippen molar-refractivity contribution in [2.24, 2.45) is 0 Å². The largest absolute Gasteiger partial charge is 0.298 e. The molecule has 0 unspecified atom stereocenters. The van der Waals surface area contributed by atoms with E-state index in [4.69, 9.17) is 0 Å². The molecular formula is C12H21NO. The molecule has 0 N–H and O–H groups in total. The lowest BCUT2D eigenvalue weighted by Crippen LogP contribution is -1.89. The van der Waals surface area contributed by atoms with E-state index in [2.05, 4.69) is 4.98 Å². The van der Waals surface area contributed by atoms with E-state index >= 15 is 0 Å². The Morgan fingerprint density at radius 3 is 2.00 bits per heavy atom. The van der Waals surface area contributed by atoms with Crippen molar-refractivity contribution >= 4 is 6.29 Å². The van der Waals surface area contributed by atoms with Gasteiger partial charge in [0.2, 0.25) is 0 Å². The van der Waals surface area contributed by atoms with E-state index in [1.165, 1.54) is 0 Å². The maximum Gasteiger partial charge on any atom is 0.150 e. The highest BCUT2D eigenvalue weighted by Gasteiger charge is 1.95. The second-order valence-electron chi connectivity index (χ2n) is 2.30. The highest BCUT2D eigenvalue weighted by atomic mass is 16.1. The van der Waals surface area contributed by atoms with Crippen LogP contribution in [0.1, 0.15) is 49.3 Å². The lowest BCUT2D eigenvalue weighted by Gasteiger charge is -1.96. The van der Waals surface area contributed by atoms with E-state index in [0.717, 1.165) is 23.1 Å². The van der Waals surface area contributed by atoms with Crippen LogP contribution >= 0.6 is 0 Å². The average Bonchev–Trinajstić information content (AvgIpc) is 2.27. The Labute approximate surface area is 87.4 Å². The highest BCUT2D eigenvalue weighted by Crippen LogP contribution is 2.03. The molecule has 0 saturated heterocycles.